The van der Waals surface area contributed by atoms with Crippen molar-refractivity contribution in [2.45, 2.75) is 0 Å². The van der Waals surface area contributed by atoms with E-state index in [0.717, 1.165) is 33.8 Å². The van der Waals surface area contributed by atoms with Gasteiger partial charge in [-0.05, 0) is 35.2 Å². The molecule has 2 aromatic carbocycles. The van der Waals surface area contributed by atoms with Gasteiger partial charge in [0.1, 0.15) is 6.33 Å². The summed E-state index contributed by atoms with van der Waals surface area (Å²) in [7, 11) is 0. The summed E-state index contributed by atoms with van der Waals surface area (Å²) in [6, 6.07) is 33.6. The third-order valence-corrected chi connectivity index (χ3v) is 4.28. The molecule has 5 aromatic rings. The molecule has 0 atom stereocenters. The normalized spacial score (nSPS) is 9.68. The zero-order chi connectivity index (χ0) is 20.4. The van der Waals surface area contributed by atoms with Crippen LogP contribution in [-0.2, 0) is 20.1 Å². The molecule has 0 aliphatic rings. The number of rotatable bonds is 3. The average molecular weight is 579 g/mol. The zero-order valence-electron chi connectivity index (χ0n) is 16.5. The molecular weight excluding hydrogens is 561 g/mol. The van der Waals surface area contributed by atoms with Crippen LogP contribution in [0.5, 0.6) is 0 Å². The van der Waals surface area contributed by atoms with Gasteiger partial charge in [0.2, 0.25) is 0 Å². The second kappa shape index (κ2) is 11.6. The Balaban J connectivity index is 0.000000183. The molecule has 0 aliphatic carbocycles. The Hall–Kier alpha value is -3.53. The van der Waals surface area contributed by atoms with E-state index in [1.54, 1.807) is 24.9 Å². The maximum atomic E-state index is 4.43. The van der Waals surface area contributed by atoms with Crippen molar-refractivity contribution in [1.82, 2.24) is 19.9 Å². The number of benzene rings is 2. The summed E-state index contributed by atoms with van der Waals surface area (Å²) >= 11 is 0. The number of hydrogen-bond acceptors (Lipinski definition) is 4. The van der Waals surface area contributed by atoms with Crippen LogP contribution in [0.2, 0.25) is 0 Å². The number of hydrogen-bond donors (Lipinski definition) is 0. The first kappa shape index (κ1) is 22.2. The van der Waals surface area contributed by atoms with Crippen LogP contribution in [-0.4, -0.2) is 19.9 Å². The fraction of sp³-hybridized carbons (Fsp3) is 0. The maximum Gasteiger partial charge on any atom is 0.115 e. The molecule has 5 rings (SSSR count). The molecule has 0 amide bonds. The summed E-state index contributed by atoms with van der Waals surface area (Å²) in [6.45, 7) is 0. The van der Waals surface area contributed by atoms with E-state index in [1.807, 2.05) is 84.9 Å². The van der Waals surface area contributed by atoms with Crippen LogP contribution in [0.4, 0.5) is 0 Å². The first-order chi connectivity index (χ1) is 14.9. The van der Waals surface area contributed by atoms with Gasteiger partial charge in [-0.1, -0.05) is 18.2 Å². The van der Waals surface area contributed by atoms with Crippen LogP contribution in [0.1, 0.15) is 0 Å². The summed E-state index contributed by atoms with van der Waals surface area (Å²) in [4.78, 5) is 16.9. The largest absolute Gasteiger partial charge is 0.305 e. The minimum absolute atomic E-state index is 0. The average Bonchev–Trinajstić information content (AvgIpc) is 2.87. The van der Waals surface area contributed by atoms with Crippen LogP contribution in [0.15, 0.2) is 110 Å². The van der Waals surface area contributed by atoms with Crippen molar-refractivity contribution in [1.29, 1.82) is 0 Å². The Bertz CT molecular complexity index is 1070. The van der Waals surface area contributed by atoms with Crippen molar-refractivity contribution in [3.8, 4) is 33.8 Å². The predicted octanol–water partition coefficient (Wildman–Crippen LogP) is 5.55. The van der Waals surface area contributed by atoms with Gasteiger partial charge < -0.3 is 9.97 Å². The minimum Gasteiger partial charge on any atom is -0.305 e. The van der Waals surface area contributed by atoms with Gasteiger partial charge in [0, 0.05) is 38.7 Å². The predicted molar refractivity (Wildman–Crippen MR) is 118 cm³/mol. The van der Waals surface area contributed by atoms with Gasteiger partial charge in [-0.2, -0.15) is 0 Å². The molecule has 3 aromatic heterocycles. The van der Waals surface area contributed by atoms with Gasteiger partial charge >= 0.3 is 0 Å². The maximum absolute atomic E-state index is 4.43. The number of aromatic nitrogens is 4. The summed E-state index contributed by atoms with van der Waals surface area (Å²) in [5, 5.41) is 0. The number of pyridine rings is 2. The summed E-state index contributed by atoms with van der Waals surface area (Å²) in [5.74, 6) is 0. The van der Waals surface area contributed by atoms with Crippen molar-refractivity contribution in [3.63, 3.8) is 0 Å². The van der Waals surface area contributed by atoms with Crippen LogP contribution >= 0.6 is 0 Å². The topological polar surface area (TPSA) is 51.6 Å². The van der Waals surface area contributed by atoms with E-state index in [2.05, 4.69) is 32.1 Å². The quantitative estimate of drug-likeness (QED) is 0.264. The van der Waals surface area contributed by atoms with Gasteiger partial charge in [0.05, 0.1) is 5.69 Å². The van der Waals surface area contributed by atoms with E-state index in [0.29, 0.717) is 0 Å². The van der Waals surface area contributed by atoms with E-state index >= 15 is 0 Å². The van der Waals surface area contributed by atoms with Gasteiger partial charge in [0.25, 0.3) is 0 Å². The van der Waals surface area contributed by atoms with Crippen molar-refractivity contribution >= 4 is 0 Å². The van der Waals surface area contributed by atoms with E-state index in [4.69, 9.17) is 0 Å². The summed E-state index contributed by atoms with van der Waals surface area (Å²) in [5.41, 5.74) is 5.72. The van der Waals surface area contributed by atoms with Crippen LogP contribution in [0.25, 0.3) is 33.8 Å². The monoisotopic (exact) mass is 579 g/mol. The molecule has 31 heavy (non-hydrogen) atoms. The molecular formula is C26H18IrN4-2. The Morgan fingerprint density at radius 2 is 1.29 bits per heavy atom. The molecule has 4 nitrogen and oxygen atoms in total. The Kier molecular flexibility index (Phi) is 8.29. The van der Waals surface area contributed by atoms with E-state index in [9.17, 15) is 0 Å². The molecule has 0 saturated carbocycles. The molecule has 5 heteroatoms. The molecule has 153 valence electrons. The van der Waals surface area contributed by atoms with Crippen LogP contribution < -0.4 is 0 Å². The van der Waals surface area contributed by atoms with Crippen molar-refractivity contribution in [2.75, 3.05) is 0 Å². The van der Waals surface area contributed by atoms with Crippen molar-refractivity contribution in [3.05, 3.63) is 122 Å². The first-order valence-corrected chi connectivity index (χ1v) is 9.48. The summed E-state index contributed by atoms with van der Waals surface area (Å²) in [6.07, 6.45) is 6.84. The fourth-order valence-electron chi connectivity index (χ4n) is 2.89. The van der Waals surface area contributed by atoms with Crippen LogP contribution in [0.3, 0.4) is 0 Å². The van der Waals surface area contributed by atoms with Gasteiger partial charge in [-0.3, -0.25) is 0 Å². The summed E-state index contributed by atoms with van der Waals surface area (Å²) < 4.78 is 0. The molecule has 0 bridgehead atoms. The van der Waals surface area contributed by atoms with E-state index < -0.39 is 0 Å². The second-order valence-electron chi connectivity index (χ2n) is 6.26. The Morgan fingerprint density at radius 1 is 0.548 bits per heavy atom. The van der Waals surface area contributed by atoms with Crippen molar-refractivity contribution in [2.24, 2.45) is 0 Å². The van der Waals surface area contributed by atoms with E-state index in [1.165, 1.54) is 0 Å². The third-order valence-electron chi connectivity index (χ3n) is 4.28. The van der Waals surface area contributed by atoms with Gasteiger partial charge in [-0.15, -0.1) is 71.8 Å². The standard InChI is InChI=1S/C15H10N3.C11H8N.Ir/c1-2-5-12(6-3-1)15-13(7-4-9-17-15)14-8-10-16-11-18-14;1-2-6-10(7-3-1)11-8-4-5-9-12-11;/h1-5,7-11H;1-6,8-9H;/q2*-1;. The number of nitrogens with zero attached hydrogens (tertiary/aromatic N) is 4. The SMILES string of the molecule is [Ir].[c-]1ccccc1-c1ccccn1.[c-]1ccccc1-c1ncccc1-c1ccncn1. The Morgan fingerprint density at radius 3 is 1.94 bits per heavy atom. The van der Waals surface area contributed by atoms with Crippen LogP contribution in [0, 0.1) is 12.1 Å². The molecule has 3 heterocycles. The van der Waals surface area contributed by atoms with Gasteiger partial charge in [0.15, 0.2) is 0 Å². The third kappa shape index (κ3) is 5.98. The molecule has 1 radical (unpaired) electrons. The van der Waals surface area contributed by atoms with Gasteiger partial charge in [-0.25, -0.2) is 9.97 Å². The minimum atomic E-state index is 0. The van der Waals surface area contributed by atoms with E-state index in [-0.39, 0.29) is 20.1 Å². The second-order valence-corrected chi connectivity index (χ2v) is 6.26. The molecule has 0 spiro atoms. The molecule has 0 fully saturated rings. The fourth-order valence-corrected chi connectivity index (χ4v) is 2.89. The molecule has 0 N–H and O–H groups in total. The first-order valence-electron chi connectivity index (χ1n) is 9.48. The Labute approximate surface area is 195 Å². The molecule has 0 unspecified atom stereocenters. The smallest absolute Gasteiger partial charge is 0.115 e. The van der Waals surface area contributed by atoms with Crippen molar-refractivity contribution < 1.29 is 20.1 Å². The molecule has 0 aliphatic heterocycles. The molecule has 0 saturated heterocycles. The zero-order valence-corrected chi connectivity index (χ0v) is 18.9.